The molecule has 2 atom stereocenters. The number of likely N-dealkylation sites (tertiary alicyclic amines) is 1. The van der Waals surface area contributed by atoms with Crippen LogP contribution in [0.1, 0.15) is 30.6 Å². The van der Waals surface area contributed by atoms with E-state index in [9.17, 15) is 14.7 Å². The molecular weight excluding hydrogens is 370 g/mol. The summed E-state index contributed by atoms with van der Waals surface area (Å²) >= 11 is 0. The molecule has 1 aliphatic heterocycles. The topological polar surface area (TPSA) is 83.0 Å². The minimum atomic E-state index is -0.547. The quantitative estimate of drug-likeness (QED) is 0.737. The Hall–Kier alpha value is -2.93. The third-order valence-corrected chi connectivity index (χ3v) is 5.31. The lowest BCUT2D eigenvalue weighted by Gasteiger charge is -2.31. The number of aliphatic hydroxyl groups excluding tert-OH is 1. The molecule has 7 heteroatoms. The van der Waals surface area contributed by atoms with Crippen LogP contribution in [0.3, 0.4) is 0 Å². The summed E-state index contributed by atoms with van der Waals surface area (Å²) in [5.41, 5.74) is 1.56. The van der Waals surface area contributed by atoms with E-state index in [-0.39, 0.29) is 37.9 Å². The van der Waals surface area contributed by atoms with Gasteiger partial charge < -0.3 is 19.6 Å². The molecule has 1 fully saturated rings. The van der Waals surface area contributed by atoms with E-state index < -0.39 is 12.0 Å². The van der Waals surface area contributed by atoms with E-state index in [0.717, 1.165) is 11.3 Å². The third kappa shape index (κ3) is 4.40. The highest BCUT2D eigenvalue weighted by atomic mass is 16.5. The molecule has 3 rings (SSSR count). The van der Waals surface area contributed by atoms with Crippen LogP contribution in [0.25, 0.3) is 0 Å². The summed E-state index contributed by atoms with van der Waals surface area (Å²) in [7, 11) is 1.59. The van der Waals surface area contributed by atoms with Gasteiger partial charge in [0.05, 0.1) is 37.9 Å². The Morgan fingerprint density at radius 3 is 2.69 bits per heavy atom. The van der Waals surface area contributed by atoms with Crippen molar-refractivity contribution < 1.29 is 19.4 Å². The fourth-order valence-corrected chi connectivity index (χ4v) is 3.99. The van der Waals surface area contributed by atoms with E-state index in [4.69, 9.17) is 4.74 Å². The number of ether oxygens (including phenoxy) is 1. The van der Waals surface area contributed by atoms with Crippen molar-refractivity contribution in [3.8, 4) is 5.75 Å². The second-order valence-corrected chi connectivity index (χ2v) is 6.98. The summed E-state index contributed by atoms with van der Waals surface area (Å²) in [5, 5.41) is 9.51. The maximum absolute atomic E-state index is 13.5. The van der Waals surface area contributed by atoms with Gasteiger partial charge in [0, 0.05) is 31.3 Å². The molecular formula is C22H27N3O4. The van der Waals surface area contributed by atoms with Gasteiger partial charge in [-0.3, -0.25) is 14.6 Å². The Labute approximate surface area is 170 Å². The zero-order valence-electron chi connectivity index (χ0n) is 16.8. The molecule has 1 aromatic heterocycles. The lowest BCUT2D eigenvalue weighted by atomic mass is 9.91. The Morgan fingerprint density at radius 2 is 2.03 bits per heavy atom. The highest BCUT2D eigenvalue weighted by Gasteiger charge is 2.46. The van der Waals surface area contributed by atoms with Crippen LogP contribution in [0.2, 0.25) is 0 Å². The van der Waals surface area contributed by atoms with Crippen molar-refractivity contribution in [2.75, 3.05) is 26.8 Å². The summed E-state index contributed by atoms with van der Waals surface area (Å²) in [6, 6.07) is 12.6. The molecule has 1 aliphatic rings. The number of para-hydroxylation sites is 1. The van der Waals surface area contributed by atoms with E-state index in [1.54, 1.807) is 23.1 Å². The van der Waals surface area contributed by atoms with Crippen LogP contribution in [-0.2, 0) is 16.1 Å². The molecule has 154 valence electrons. The smallest absolute Gasteiger partial charge is 0.229 e. The molecule has 29 heavy (non-hydrogen) atoms. The highest BCUT2D eigenvalue weighted by molar-refractivity contribution is 5.90. The lowest BCUT2D eigenvalue weighted by Crippen LogP contribution is -2.40. The van der Waals surface area contributed by atoms with Crippen molar-refractivity contribution in [2.45, 2.75) is 25.9 Å². The number of pyridine rings is 1. The first-order valence-electron chi connectivity index (χ1n) is 9.82. The molecule has 0 aliphatic carbocycles. The van der Waals surface area contributed by atoms with E-state index in [1.807, 2.05) is 49.4 Å². The largest absolute Gasteiger partial charge is 0.496 e. The number of carbonyl (C=O) groups excluding carboxylic acids is 2. The molecule has 1 N–H and O–H groups in total. The van der Waals surface area contributed by atoms with Gasteiger partial charge in [-0.25, -0.2) is 0 Å². The number of aliphatic hydroxyl groups is 1. The average molecular weight is 397 g/mol. The van der Waals surface area contributed by atoms with Crippen LogP contribution in [0, 0.1) is 5.92 Å². The van der Waals surface area contributed by atoms with Crippen molar-refractivity contribution >= 4 is 11.8 Å². The van der Waals surface area contributed by atoms with Crippen LogP contribution in [0.15, 0.2) is 48.7 Å². The van der Waals surface area contributed by atoms with Gasteiger partial charge in [-0.2, -0.15) is 0 Å². The van der Waals surface area contributed by atoms with Crippen molar-refractivity contribution in [2.24, 2.45) is 5.92 Å². The number of methoxy groups -OCH3 is 1. The summed E-state index contributed by atoms with van der Waals surface area (Å²) in [6.45, 7) is 2.73. The fraction of sp³-hybridized carbons (Fsp3) is 0.409. The fourth-order valence-electron chi connectivity index (χ4n) is 3.99. The number of benzene rings is 1. The first kappa shape index (κ1) is 20.8. The Bertz CT molecular complexity index is 843. The lowest BCUT2D eigenvalue weighted by molar-refractivity contribution is -0.137. The maximum atomic E-state index is 13.5. The maximum Gasteiger partial charge on any atom is 0.229 e. The molecule has 2 amide bonds. The van der Waals surface area contributed by atoms with E-state index in [2.05, 4.69) is 4.98 Å². The minimum Gasteiger partial charge on any atom is -0.496 e. The normalized spacial score (nSPS) is 18.7. The number of hydrogen-bond donors (Lipinski definition) is 1. The predicted molar refractivity (Wildman–Crippen MR) is 108 cm³/mol. The predicted octanol–water partition coefficient (Wildman–Crippen LogP) is 2.02. The zero-order chi connectivity index (χ0) is 20.8. The first-order chi connectivity index (χ1) is 14.1. The minimum absolute atomic E-state index is 0.0523. The van der Waals surface area contributed by atoms with Gasteiger partial charge in [0.2, 0.25) is 11.8 Å². The van der Waals surface area contributed by atoms with E-state index >= 15 is 0 Å². The van der Waals surface area contributed by atoms with Crippen molar-refractivity contribution in [3.05, 3.63) is 59.9 Å². The van der Waals surface area contributed by atoms with Crippen molar-refractivity contribution in [1.82, 2.24) is 14.8 Å². The summed E-state index contributed by atoms with van der Waals surface area (Å²) in [6.07, 6.45) is 1.81. The first-order valence-corrected chi connectivity index (χ1v) is 9.82. The molecule has 0 spiro atoms. The molecule has 2 aromatic rings. The number of aromatic nitrogens is 1. The highest BCUT2D eigenvalue weighted by Crippen LogP contribution is 2.42. The van der Waals surface area contributed by atoms with Crippen molar-refractivity contribution in [1.29, 1.82) is 0 Å². The van der Waals surface area contributed by atoms with Crippen LogP contribution >= 0.6 is 0 Å². The number of amides is 2. The summed E-state index contributed by atoms with van der Waals surface area (Å²) < 4.78 is 5.50. The summed E-state index contributed by atoms with van der Waals surface area (Å²) in [5.74, 6) is -0.107. The molecule has 7 nitrogen and oxygen atoms in total. The number of rotatable bonds is 8. The van der Waals surface area contributed by atoms with E-state index in [0.29, 0.717) is 12.3 Å². The van der Waals surface area contributed by atoms with Gasteiger partial charge in [-0.05, 0) is 25.1 Å². The van der Waals surface area contributed by atoms with Crippen LogP contribution in [-0.4, -0.2) is 58.5 Å². The molecule has 0 radical (unpaired) electrons. The molecule has 0 bridgehead atoms. The third-order valence-electron chi connectivity index (χ3n) is 5.31. The van der Waals surface area contributed by atoms with Gasteiger partial charge in [-0.15, -0.1) is 0 Å². The monoisotopic (exact) mass is 397 g/mol. The molecule has 2 heterocycles. The second-order valence-electron chi connectivity index (χ2n) is 6.98. The molecule has 0 saturated carbocycles. The van der Waals surface area contributed by atoms with Gasteiger partial charge in [-0.1, -0.05) is 24.3 Å². The standard InChI is InChI=1S/C22H27N3O4/c1-3-25-20(27)14-18(21(25)17-9-4-5-10-19(17)29-2)22(28)24(12-13-26)15-16-8-6-7-11-23-16/h4-11,18,21,26H,3,12-15H2,1-2H3/t18-,21+/m1/s1. The summed E-state index contributed by atoms with van der Waals surface area (Å²) in [4.78, 5) is 33.8. The van der Waals surface area contributed by atoms with Gasteiger partial charge in [0.15, 0.2) is 0 Å². The van der Waals surface area contributed by atoms with Crippen LogP contribution in [0.5, 0.6) is 5.75 Å². The average Bonchev–Trinajstić information content (AvgIpc) is 3.09. The number of hydrogen-bond acceptors (Lipinski definition) is 5. The van der Waals surface area contributed by atoms with Gasteiger partial charge in [0.1, 0.15) is 5.75 Å². The zero-order valence-corrected chi connectivity index (χ0v) is 16.8. The Morgan fingerprint density at radius 1 is 1.28 bits per heavy atom. The van der Waals surface area contributed by atoms with Crippen molar-refractivity contribution in [3.63, 3.8) is 0 Å². The molecule has 1 aromatic carbocycles. The Balaban J connectivity index is 1.94. The van der Waals surface area contributed by atoms with E-state index in [1.165, 1.54) is 0 Å². The van der Waals surface area contributed by atoms with Gasteiger partial charge in [0.25, 0.3) is 0 Å². The SMILES string of the molecule is CCN1C(=O)C[C@@H](C(=O)N(CCO)Cc2ccccn2)[C@@H]1c1ccccc1OC. The van der Waals surface area contributed by atoms with Crippen LogP contribution in [0.4, 0.5) is 0 Å². The number of nitrogens with zero attached hydrogens (tertiary/aromatic N) is 3. The van der Waals surface area contributed by atoms with Crippen LogP contribution < -0.4 is 4.74 Å². The molecule has 1 saturated heterocycles. The Kier molecular flexibility index (Phi) is 6.82. The molecule has 0 unspecified atom stereocenters. The van der Waals surface area contributed by atoms with Gasteiger partial charge >= 0.3 is 0 Å². The second kappa shape index (κ2) is 9.52. The number of carbonyl (C=O) groups is 2.